The number of ether oxygens (including phenoxy) is 1. The van der Waals surface area contributed by atoms with E-state index in [9.17, 15) is 14.4 Å². The lowest BCUT2D eigenvalue weighted by Crippen LogP contribution is -2.11. The molecule has 1 N–H and O–H groups in total. The number of nitriles is 1. The molecule has 2 aromatic heterocycles. The Kier molecular flexibility index (Phi) is 5.54. The minimum atomic E-state index is -0.331. The normalized spacial score (nSPS) is 10.9. The molecule has 4 rings (SSSR count). The fourth-order valence-electron chi connectivity index (χ4n) is 3.75. The van der Waals surface area contributed by atoms with Crippen LogP contribution in [-0.4, -0.2) is 22.0 Å². The molecule has 0 fully saturated rings. The summed E-state index contributed by atoms with van der Waals surface area (Å²) >= 11 is 0. The molecule has 0 saturated carbocycles. The van der Waals surface area contributed by atoms with E-state index in [0.717, 1.165) is 22.2 Å². The molecule has 156 valence electrons. The SMILES string of the molecule is CCOC(=O)CCc1c(C)c(C#N)c2nc3ccccc3n2c1Nc1ccc(F)cc1. The highest BCUT2D eigenvalue weighted by atomic mass is 19.1. The molecule has 0 amide bonds. The van der Waals surface area contributed by atoms with Crippen LogP contribution in [0.1, 0.15) is 30.0 Å². The molecular weight excluding hydrogens is 395 g/mol. The summed E-state index contributed by atoms with van der Waals surface area (Å²) in [5.74, 6) is 0.0575. The first-order valence-corrected chi connectivity index (χ1v) is 10.0. The maximum Gasteiger partial charge on any atom is 0.306 e. The maximum absolute atomic E-state index is 13.4. The van der Waals surface area contributed by atoms with Gasteiger partial charge in [-0.2, -0.15) is 5.26 Å². The zero-order chi connectivity index (χ0) is 22.0. The Morgan fingerprint density at radius 1 is 1.23 bits per heavy atom. The van der Waals surface area contributed by atoms with E-state index in [1.54, 1.807) is 19.1 Å². The second-order valence-corrected chi connectivity index (χ2v) is 7.14. The number of carbonyl (C=O) groups excluding carboxylic acids is 1. The summed E-state index contributed by atoms with van der Waals surface area (Å²) in [6.45, 7) is 3.93. The maximum atomic E-state index is 13.4. The summed E-state index contributed by atoms with van der Waals surface area (Å²) in [6, 6.07) is 15.9. The Morgan fingerprint density at radius 2 is 1.97 bits per heavy atom. The lowest BCUT2D eigenvalue weighted by molar-refractivity contribution is -0.143. The van der Waals surface area contributed by atoms with Crippen LogP contribution in [0, 0.1) is 24.1 Å². The molecule has 0 aliphatic rings. The quantitative estimate of drug-likeness (QED) is 0.445. The average molecular weight is 416 g/mol. The van der Waals surface area contributed by atoms with Gasteiger partial charge >= 0.3 is 5.97 Å². The van der Waals surface area contributed by atoms with Crippen LogP contribution in [0.5, 0.6) is 0 Å². The van der Waals surface area contributed by atoms with Crippen molar-refractivity contribution in [1.29, 1.82) is 5.26 Å². The number of rotatable bonds is 6. The lowest BCUT2D eigenvalue weighted by atomic mass is 10.00. The number of carbonyl (C=O) groups is 1. The van der Waals surface area contributed by atoms with Crippen LogP contribution < -0.4 is 5.32 Å². The van der Waals surface area contributed by atoms with E-state index in [2.05, 4.69) is 16.4 Å². The van der Waals surface area contributed by atoms with Gasteiger partial charge in [0.15, 0.2) is 5.65 Å². The monoisotopic (exact) mass is 416 g/mol. The zero-order valence-corrected chi connectivity index (χ0v) is 17.3. The molecule has 2 aromatic carbocycles. The highest BCUT2D eigenvalue weighted by molar-refractivity contribution is 5.87. The van der Waals surface area contributed by atoms with E-state index < -0.39 is 0 Å². The van der Waals surface area contributed by atoms with Crippen molar-refractivity contribution in [3.63, 3.8) is 0 Å². The van der Waals surface area contributed by atoms with E-state index in [1.807, 2.05) is 35.6 Å². The van der Waals surface area contributed by atoms with Gasteiger partial charge < -0.3 is 10.1 Å². The lowest BCUT2D eigenvalue weighted by Gasteiger charge is -2.19. The number of nitrogens with one attached hydrogen (secondary N) is 1. The van der Waals surface area contributed by atoms with Crippen molar-refractivity contribution >= 4 is 34.2 Å². The van der Waals surface area contributed by atoms with Gasteiger partial charge in [0, 0.05) is 12.1 Å². The van der Waals surface area contributed by atoms with E-state index in [1.165, 1.54) is 12.1 Å². The molecule has 2 heterocycles. The number of hydrogen-bond acceptors (Lipinski definition) is 5. The molecule has 0 saturated heterocycles. The smallest absolute Gasteiger partial charge is 0.306 e. The average Bonchev–Trinajstić information content (AvgIpc) is 3.14. The largest absolute Gasteiger partial charge is 0.466 e. The molecule has 0 spiro atoms. The van der Waals surface area contributed by atoms with E-state index in [0.29, 0.717) is 35.7 Å². The standard InChI is InChI=1S/C24H21FN4O2/c1-3-31-22(30)13-12-18-15(2)19(14-26)24-28-20-6-4-5-7-21(20)29(24)23(18)27-17-10-8-16(25)9-11-17/h4-11,27H,3,12-13H2,1-2H3. The third-order valence-corrected chi connectivity index (χ3v) is 5.22. The van der Waals surface area contributed by atoms with Crippen LogP contribution in [0.15, 0.2) is 48.5 Å². The summed E-state index contributed by atoms with van der Waals surface area (Å²) in [4.78, 5) is 16.7. The molecule has 6 nitrogen and oxygen atoms in total. The summed E-state index contributed by atoms with van der Waals surface area (Å²) in [7, 11) is 0. The molecular formula is C24H21FN4O2. The second-order valence-electron chi connectivity index (χ2n) is 7.14. The van der Waals surface area contributed by atoms with E-state index in [4.69, 9.17) is 4.74 Å². The summed E-state index contributed by atoms with van der Waals surface area (Å²) < 4.78 is 20.4. The highest BCUT2D eigenvalue weighted by Crippen LogP contribution is 2.33. The van der Waals surface area contributed by atoms with Gasteiger partial charge in [0.25, 0.3) is 0 Å². The van der Waals surface area contributed by atoms with Crippen LogP contribution in [-0.2, 0) is 16.0 Å². The number of esters is 1. The molecule has 0 atom stereocenters. The number of hydrogen-bond donors (Lipinski definition) is 1. The Balaban J connectivity index is 1.96. The summed E-state index contributed by atoms with van der Waals surface area (Å²) in [6.07, 6.45) is 0.557. The van der Waals surface area contributed by atoms with Gasteiger partial charge in [-0.15, -0.1) is 0 Å². The van der Waals surface area contributed by atoms with E-state index >= 15 is 0 Å². The Labute approximate surface area is 178 Å². The second kappa shape index (κ2) is 8.44. The predicted molar refractivity (Wildman–Crippen MR) is 117 cm³/mol. The van der Waals surface area contributed by atoms with Crippen LogP contribution >= 0.6 is 0 Å². The number of fused-ring (bicyclic) bond motifs is 3. The number of halogens is 1. The first kappa shape index (κ1) is 20.4. The topological polar surface area (TPSA) is 79.4 Å². The van der Waals surface area contributed by atoms with Crippen LogP contribution in [0.2, 0.25) is 0 Å². The summed E-state index contributed by atoms with van der Waals surface area (Å²) in [5, 5.41) is 13.2. The number of benzene rings is 2. The Morgan fingerprint density at radius 3 is 2.68 bits per heavy atom. The first-order chi connectivity index (χ1) is 15.0. The molecule has 0 unspecified atom stereocenters. The molecule has 31 heavy (non-hydrogen) atoms. The number of imidazole rings is 1. The van der Waals surface area contributed by atoms with Crippen molar-refractivity contribution in [3.8, 4) is 6.07 Å². The van der Waals surface area contributed by atoms with Gasteiger partial charge in [0.05, 0.1) is 23.2 Å². The van der Waals surface area contributed by atoms with Gasteiger partial charge in [0.2, 0.25) is 0 Å². The van der Waals surface area contributed by atoms with Crippen molar-refractivity contribution in [2.45, 2.75) is 26.7 Å². The third kappa shape index (κ3) is 3.80. The number of para-hydroxylation sites is 2. The number of nitrogens with zero attached hydrogens (tertiary/aromatic N) is 3. The Bertz CT molecular complexity index is 1320. The minimum Gasteiger partial charge on any atom is -0.466 e. The molecule has 0 aliphatic carbocycles. The van der Waals surface area contributed by atoms with Gasteiger partial charge in [-0.3, -0.25) is 9.20 Å². The van der Waals surface area contributed by atoms with Crippen molar-refractivity contribution in [2.24, 2.45) is 0 Å². The van der Waals surface area contributed by atoms with Crippen molar-refractivity contribution in [1.82, 2.24) is 9.38 Å². The highest BCUT2D eigenvalue weighted by Gasteiger charge is 2.21. The number of aromatic nitrogens is 2. The van der Waals surface area contributed by atoms with Gasteiger partial charge in [-0.25, -0.2) is 9.37 Å². The van der Waals surface area contributed by atoms with Gasteiger partial charge in [-0.05, 0) is 67.8 Å². The molecule has 0 aliphatic heterocycles. The summed E-state index contributed by atoms with van der Waals surface area (Å²) in [5.41, 5.74) is 4.82. The van der Waals surface area contributed by atoms with Gasteiger partial charge in [-0.1, -0.05) is 12.1 Å². The van der Waals surface area contributed by atoms with Crippen molar-refractivity contribution in [3.05, 3.63) is 71.0 Å². The minimum absolute atomic E-state index is 0.176. The van der Waals surface area contributed by atoms with E-state index in [-0.39, 0.29) is 18.2 Å². The molecule has 0 bridgehead atoms. The van der Waals surface area contributed by atoms with Crippen molar-refractivity contribution in [2.75, 3.05) is 11.9 Å². The Hall–Kier alpha value is -3.92. The molecule has 0 radical (unpaired) electrons. The van der Waals surface area contributed by atoms with Crippen molar-refractivity contribution < 1.29 is 13.9 Å². The van der Waals surface area contributed by atoms with Crippen LogP contribution in [0.25, 0.3) is 16.7 Å². The van der Waals surface area contributed by atoms with Crippen LogP contribution in [0.3, 0.4) is 0 Å². The first-order valence-electron chi connectivity index (χ1n) is 10.0. The van der Waals surface area contributed by atoms with Gasteiger partial charge in [0.1, 0.15) is 17.7 Å². The zero-order valence-electron chi connectivity index (χ0n) is 17.3. The van der Waals surface area contributed by atoms with Crippen LogP contribution in [0.4, 0.5) is 15.9 Å². The molecule has 4 aromatic rings. The third-order valence-electron chi connectivity index (χ3n) is 5.22. The number of pyridine rings is 1. The number of anilines is 2. The predicted octanol–water partition coefficient (Wildman–Crippen LogP) is 5.05. The fourth-order valence-corrected chi connectivity index (χ4v) is 3.75. The molecule has 7 heteroatoms. The fraction of sp³-hybridized carbons (Fsp3) is 0.208.